The number of aliphatic carboxylic acids is 1. The van der Waals surface area contributed by atoms with Gasteiger partial charge in [0.1, 0.15) is 17.4 Å². The first-order valence-corrected chi connectivity index (χ1v) is 12.2. The number of nitrogens with zero attached hydrogens (tertiary/aromatic N) is 2. The zero-order chi connectivity index (χ0) is 28.0. The Bertz CT molecular complexity index is 1170. The third kappa shape index (κ3) is 10.4. The van der Waals surface area contributed by atoms with Crippen LogP contribution in [0.3, 0.4) is 0 Å². The third-order valence-corrected chi connectivity index (χ3v) is 5.18. The summed E-state index contributed by atoms with van der Waals surface area (Å²) >= 11 is 0. The van der Waals surface area contributed by atoms with Crippen molar-refractivity contribution in [1.82, 2.24) is 14.9 Å². The van der Waals surface area contributed by atoms with Crippen LogP contribution in [0.4, 0.5) is 0 Å². The Balaban J connectivity index is 0.000000318. The first kappa shape index (κ1) is 31.3. The van der Waals surface area contributed by atoms with Crippen LogP contribution in [-0.2, 0) is 14.3 Å². The molecule has 9 nitrogen and oxygen atoms in total. The molecule has 0 amide bonds. The number of nitrogens with one attached hydrogen (secondary N) is 1. The summed E-state index contributed by atoms with van der Waals surface area (Å²) in [7, 11) is 3.45. The summed E-state index contributed by atoms with van der Waals surface area (Å²) in [6, 6.07) is 12.3. The van der Waals surface area contributed by atoms with Crippen LogP contribution in [0.1, 0.15) is 47.5 Å². The molecular formula is C28H39N3O6. The smallest absolute Gasteiger partial charge is 0.320 e. The molecule has 2 N–H and O–H groups in total. The zero-order valence-electron chi connectivity index (χ0n) is 22.8. The summed E-state index contributed by atoms with van der Waals surface area (Å²) in [4.78, 5) is 41.4. The molecule has 1 aliphatic heterocycles. The lowest BCUT2D eigenvalue weighted by Gasteiger charge is -2.14. The predicted molar refractivity (Wildman–Crippen MR) is 146 cm³/mol. The molecule has 0 aliphatic carbocycles. The van der Waals surface area contributed by atoms with E-state index in [0.717, 1.165) is 30.6 Å². The molecule has 9 heteroatoms. The molecule has 37 heavy (non-hydrogen) atoms. The van der Waals surface area contributed by atoms with Crippen molar-refractivity contribution in [3.63, 3.8) is 0 Å². The molecule has 0 radical (unpaired) electrons. The number of carbonyl (C=O) groups excluding carboxylic acids is 1. The molecule has 0 bridgehead atoms. The second kappa shape index (κ2) is 15.4. The fraction of sp³-hybridized carbons (Fsp3) is 0.429. The average Bonchev–Trinajstić information content (AvgIpc) is 3.31. The number of likely N-dealkylation sites (tertiary alicyclic amines) is 1. The van der Waals surface area contributed by atoms with Gasteiger partial charge in [-0.05, 0) is 71.5 Å². The van der Waals surface area contributed by atoms with Gasteiger partial charge < -0.3 is 19.6 Å². The molecule has 4 rings (SSSR count). The van der Waals surface area contributed by atoms with Crippen LogP contribution in [-0.4, -0.2) is 64.8 Å². The Kier molecular flexibility index (Phi) is 13.0. The van der Waals surface area contributed by atoms with E-state index in [1.54, 1.807) is 31.5 Å². The molecule has 1 aliphatic rings. The van der Waals surface area contributed by atoms with Gasteiger partial charge in [0, 0.05) is 23.7 Å². The monoisotopic (exact) mass is 513 g/mol. The molecule has 3 aromatic rings. The Morgan fingerprint density at radius 3 is 2.32 bits per heavy atom. The van der Waals surface area contributed by atoms with Crippen molar-refractivity contribution in [2.24, 2.45) is 0 Å². The van der Waals surface area contributed by atoms with Gasteiger partial charge in [-0.25, -0.2) is 0 Å². The van der Waals surface area contributed by atoms with Crippen molar-refractivity contribution in [2.75, 3.05) is 20.7 Å². The number of carboxylic acid groups (broad SMARTS) is 1. The predicted octanol–water partition coefficient (Wildman–Crippen LogP) is 4.75. The Morgan fingerprint density at radius 1 is 1.19 bits per heavy atom. The molecule has 1 aromatic carbocycles. The number of likely N-dealkylation sites (N-methyl/N-ethyl adjacent to an activating group) is 1. The topological polar surface area (TPSA) is 122 Å². The number of H-pyrrole nitrogens is 1. The molecular weight excluding hydrogens is 474 g/mol. The lowest BCUT2D eigenvalue weighted by molar-refractivity contribution is -0.141. The highest BCUT2D eigenvalue weighted by Gasteiger charge is 2.26. The SMILES string of the molecule is CC.CC(C)(C)OC=O.CN1CCCC1C(=O)O.COc1ccc2c(=O)cc(-c3ccccn3)[nH]c2c1. The first-order valence-electron chi connectivity index (χ1n) is 12.2. The van der Waals surface area contributed by atoms with E-state index in [0.29, 0.717) is 23.3 Å². The standard InChI is InChI=1S/C15H12N2O2.C6H11NO2.C5H10O2.C2H6/c1-19-10-5-6-11-13(8-10)17-14(9-15(11)18)12-4-2-3-7-16-12;1-7-4-2-3-5(7)6(8)9;1-5(2,3)7-4-6;1-2/h2-9H,1H3,(H,17,18);5H,2-4H2,1H3,(H,8,9);4H,1-3H3;1-2H3. The van der Waals surface area contributed by atoms with Crippen LogP contribution in [0.25, 0.3) is 22.3 Å². The highest BCUT2D eigenvalue weighted by atomic mass is 16.5. The maximum atomic E-state index is 12.1. The van der Waals surface area contributed by atoms with Gasteiger partial charge in [-0.3, -0.25) is 24.3 Å². The lowest BCUT2D eigenvalue weighted by Crippen LogP contribution is -2.32. The van der Waals surface area contributed by atoms with Crippen LogP contribution in [0.2, 0.25) is 0 Å². The third-order valence-electron chi connectivity index (χ3n) is 5.18. The number of hydrogen-bond acceptors (Lipinski definition) is 7. The summed E-state index contributed by atoms with van der Waals surface area (Å²) in [6.45, 7) is 10.8. The number of fused-ring (bicyclic) bond motifs is 1. The average molecular weight is 514 g/mol. The highest BCUT2D eigenvalue weighted by Crippen LogP contribution is 2.20. The first-order chi connectivity index (χ1) is 17.6. The molecule has 0 saturated carbocycles. The zero-order valence-corrected chi connectivity index (χ0v) is 22.8. The van der Waals surface area contributed by atoms with E-state index >= 15 is 0 Å². The van der Waals surface area contributed by atoms with E-state index in [4.69, 9.17) is 9.84 Å². The van der Waals surface area contributed by atoms with Crippen molar-refractivity contribution < 1.29 is 24.2 Å². The minimum absolute atomic E-state index is 0.0305. The number of carboxylic acids is 1. The number of rotatable bonds is 4. The summed E-state index contributed by atoms with van der Waals surface area (Å²) in [5.74, 6) is 0.0244. The number of aromatic nitrogens is 2. The van der Waals surface area contributed by atoms with Gasteiger partial charge in [-0.1, -0.05) is 19.9 Å². The molecule has 3 heterocycles. The second-order valence-electron chi connectivity index (χ2n) is 8.98. The number of methoxy groups -OCH3 is 1. The van der Waals surface area contributed by atoms with E-state index in [2.05, 4.69) is 14.7 Å². The molecule has 0 spiro atoms. The number of aromatic amines is 1. The van der Waals surface area contributed by atoms with E-state index in [1.807, 2.05) is 70.8 Å². The molecule has 1 atom stereocenters. The minimum Gasteiger partial charge on any atom is -0.497 e. The van der Waals surface area contributed by atoms with Gasteiger partial charge in [0.25, 0.3) is 6.47 Å². The van der Waals surface area contributed by atoms with Crippen LogP contribution in [0, 0.1) is 0 Å². The Hall–Kier alpha value is -3.72. The van der Waals surface area contributed by atoms with Crippen molar-refractivity contribution in [3.05, 3.63) is 58.9 Å². The van der Waals surface area contributed by atoms with Crippen LogP contribution in [0.15, 0.2) is 53.5 Å². The van der Waals surface area contributed by atoms with E-state index in [9.17, 15) is 14.4 Å². The fourth-order valence-corrected chi connectivity index (χ4v) is 3.39. The van der Waals surface area contributed by atoms with Crippen LogP contribution < -0.4 is 10.2 Å². The maximum Gasteiger partial charge on any atom is 0.320 e. The van der Waals surface area contributed by atoms with Gasteiger partial charge >= 0.3 is 5.97 Å². The Morgan fingerprint density at radius 2 is 1.89 bits per heavy atom. The van der Waals surface area contributed by atoms with Gasteiger partial charge in [0.15, 0.2) is 5.43 Å². The normalized spacial score (nSPS) is 14.6. The summed E-state index contributed by atoms with van der Waals surface area (Å²) in [6.07, 6.45) is 3.53. The maximum absolute atomic E-state index is 12.1. The van der Waals surface area contributed by atoms with E-state index in [1.165, 1.54) is 0 Å². The fourth-order valence-electron chi connectivity index (χ4n) is 3.39. The Labute approximate surface area is 218 Å². The van der Waals surface area contributed by atoms with Crippen LogP contribution >= 0.6 is 0 Å². The lowest BCUT2D eigenvalue weighted by atomic mass is 10.1. The van der Waals surface area contributed by atoms with Crippen molar-refractivity contribution in [2.45, 2.75) is 59.1 Å². The molecule has 1 fully saturated rings. The minimum atomic E-state index is -0.685. The van der Waals surface area contributed by atoms with Crippen molar-refractivity contribution in [3.8, 4) is 17.1 Å². The van der Waals surface area contributed by atoms with Gasteiger partial charge in [0.2, 0.25) is 0 Å². The number of benzene rings is 1. The second-order valence-corrected chi connectivity index (χ2v) is 8.98. The number of hydrogen-bond donors (Lipinski definition) is 2. The summed E-state index contributed by atoms with van der Waals surface area (Å²) in [5, 5.41) is 9.18. The highest BCUT2D eigenvalue weighted by molar-refractivity contribution is 5.82. The molecule has 202 valence electrons. The number of pyridine rings is 2. The summed E-state index contributed by atoms with van der Waals surface area (Å²) < 4.78 is 9.72. The van der Waals surface area contributed by atoms with Gasteiger partial charge in [-0.2, -0.15) is 0 Å². The van der Waals surface area contributed by atoms with E-state index < -0.39 is 5.97 Å². The van der Waals surface area contributed by atoms with Gasteiger partial charge in [0.05, 0.1) is 24.0 Å². The summed E-state index contributed by atoms with van der Waals surface area (Å²) in [5.41, 5.74) is 1.84. The van der Waals surface area contributed by atoms with Crippen molar-refractivity contribution in [1.29, 1.82) is 0 Å². The number of carbonyl (C=O) groups is 2. The van der Waals surface area contributed by atoms with Crippen molar-refractivity contribution >= 4 is 23.3 Å². The molecule has 1 saturated heterocycles. The quantitative estimate of drug-likeness (QED) is 0.480. The van der Waals surface area contributed by atoms with E-state index in [-0.39, 0.29) is 17.1 Å². The molecule has 2 aromatic heterocycles. The van der Waals surface area contributed by atoms with Crippen LogP contribution in [0.5, 0.6) is 5.75 Å². The number of ether oxygens (including phenoxy) is 2. The largest absolute Gasteiger partial charge is 0.497 e. The van der Waals surface area contributed by atoms with Gasteiger partial charge in [-0.15, -0.1) is 0 Å². The molecule has 1 unspecified atom stereocenters.